The molecule has 0 saturated heterocycles. The van der Waals surface area contributed by atoms with Crippen molar-refractivity contribution >= 4 is 11.4 Å². The van der Waals surface area contributed by atoms with Gasteiger partial charge < -0.3 is 25.0 Å². The van der Waals surface area contributed by atoms with Gasteiger partial charge in [-0.2, -0.15) is 0 Å². The predicted molar refractivity (Wildman–Crippen MR) is 97.9 cm³/mol. The summed E-state index contributed by atoms with van der Waals surface area (Å²) in [6, 6.07) is 7.46. The van der Waals surface area contributed by atoms with E-state index in [1.54, 1.807) is 0 Å². The van der Waals surface area contributed by atoms with Gasteiger partial charge in [0, 0.05) is 6.54 Å². The van der Waals surface area contributed by atoms with Crippen LogP contribution in [-0.4, -0.2) is 51.3 Å². The molecule has 0 amide bonds. The highest BCUT2D eigenvalue weighted by atomic mass is 16.6. The van der Waals surface area contributed by atoms with Gasteiger partial charge in [-0.25, -0.2) is 0 Å². The number of fused-ring (bicyclic) bond motifs is 1. The van der Waals surface area contributed by atoms with E-state index >= 15 is 0 Å². The SMILES string of the molecule is CN(C)CCCNc1c(NCC2COc3ccccc3O2)c(=O)c1=O. The summed E-state index contributed by atoms with van der Waals surface area (Å²) in [6.07, 6.45) is 0.669. The van der Waals surface area contributed by atoms with Gasteiger partial charge in [-0.3, -0.25) is 9.59 Å². The van der Waals surface area contributed by atoms with Gasteiger partial charge in [0.05, 0.1) is 6.54 Å². The van der Waals surface area contributed by atoms with Crippen LogP contribution < -0.4 is 31.0 Å². The fraction of sp³-hybridized carbons (Fsp3) is 0.444. The molecule has 2 N–H and O–H groups in total. The van der Waals surface area contributed by atoms with E-state index in [9.17, 15) is 9.59 Å². The number of nitrogens with one attached hydrogen (secondary N) is 2. The summed E-state index contributed by atoms with van der Waals surface area (Å²) in [5.74, 6) is 1.41. The van der Waals surface area contributed by atoms with E-state index in [1.807, 2.05) is 38.4 Å². The predicted octanol–water partition coefficient (Wildman–Crippen LogP) is 0.898. The molecular formula is C18H23N3O4. The van der Waals surface area contributed by atoms with Crippen LogP contribution in [0.25, 0.3) is 0 Å². The van der Waals surface area contributed by atoms with Crippen LogP contribution in [0.3, 0.4) is 0 Å². The number of ether oxygens (including phenoxy) is 2. The molecule has 7 heteroatoms. The van der Waals surface area contributed by atoms with E-state index in [2.05, 4.69) is 15.5 Å². The summed E-state index contributed by atoms with van der Waals surface area (Å²) in [7, 11) is 3.99. The molecule has 0 radical (unpaired) electrons. The van der Waals surface area contributed by atoms with Crippen LogP contribution in [0.1, 0.15) is 6.42 Å². The summed E-state index contributed by atoms with van der Waals surface area (Å²) in [5.41, 5.74) is -0.219. The first-order valence-electron chi connectivity index (χ1n) is 8.40. The van der Waals surface area contributed by atoms with Crippen molar-refractivity contribution in [3.8, 4) is 11.5 Å². The van der Waals surface area contributed by atoms with Gasteiger partial charge in [0.2, 0.25) is 0 Å². The zero-order valence-electron chi connectivity index (χ0n) is 14.5. The first-order valence-corrected chi connectivity index (χ1v) is 8.40. The van der Waals surface area contributed by atoms with Gasteiger partial charge in [-0.15, -0.1) is 0 Å². The largest absolute Gasteiger partial charge is 0.486 e. The molecule has 1 unspecified atom stereocenters. The van der Waals surface area contributed by atoms with E-state index in [-0.39, 0.29) is 6.10 Å². The van der Waals surface area contributed by atoms with E-state index < -0.39 is 10.9 Å². The molecule has 134 valence electrons. The molecule has 3 rings (SSSR count). The minimum absolute atomic E-state index is 0.221. The molecule has 1 heterocycles. The zero-order valence-corrected chi connectivity index (χ0v) is 14.5. The van der Waals surface area contributed by atoms with Crippen LogP contribution in [-0.2, 0) is 0 Å². The van der Waals surface area contributed by atoms with E-state index in [0.717, 1.165) is 18.7 Å². The number of anilines is 2. The van der Waals surface area contributed by atoms with Crippen molar-refractivity contribution in [1.82, 2.24) is 4.90 Å². The molecule has 0 aromatic heterocycles. The average molecular weight is 345 g/mol. The van der Waals surface area contributed by atoms with Gasteiger partial charge in [-0.05, 0) is 39.2 Å². The molecule has 0 fully saturated rings. The second-order valence-electron chi connectivity index (χ2n) is 6.37. The van der Waals surface area contributed by atoms with Crippen molar-refractivity contribution in [2.24, 2.45) is 0 Å². The second kappa shape index (κ2) is 7.57. The van der Waals surface area contributed by atoms with Gasteiger partial charge >= 0.3 is 0 Å². The molecule has 2 aromatic rings. The van der Waals surface area contributed by atoms with Gasteiger partial charge in [0.1, 0.15) is 24.1 Å². The van der Waals surface area contributed by atoms with E-state index in [4.69, 9.17) is 9.47 Å². The van der Waals surface area contributed by atoms with Crippen LogP contribution in [0.4, 0.5) is 11.4 Å². The van der Waals surface area contributed by atoms with Crippen molar-refractivity contribution < 1.29 is 9.47 Å². The molecular weight excluding hydrogens is 322 g/mol. The highest BCUT2D eigenvalue weighted by Gasteiger charge is 2.24. The number of para-hydroxylation sites is 2. The maximum atomic E-state index is 11.8. The van der Waals surface area contributed by atoms with Crippen LogP contribution >= 0.6 is 0 Å². The topological polar surface area (TPSA) is 79.9 Å². The number of rotatable bonds is 8. The Kier molecular flexibility index (Phi) is 5.23. The maximum absolute atomic E-state index is 11.8. The van der Waals surface area contributed by atoms with Crippen LogP contribution in [0, 0.1) is 0 Å². The smallest absolute Gasteiger partial charge is 0.253 e. The van der Waals surface area contributed by atoms with Crippen LogP contribution in [0.15, 0.2) is 33.9 Å². The third kappa shape index (κ3) is 3.93. The maximum Gasteiger partial charge on any atom is 0.253 e. The first kappa shape index (κ1) is 17.3. The van der Waals surface area contributed by atoms with Crippen LogP contribution in [0.2, 0.25) is 0 Å². The van der Waals surface area contributed by atoms with Gasteiger partial charge in [0.15, 0.2) is 11.5 Å². The first-order chi connectivity index (χ1) is 12.1. The molecule has 25 heavy (non-hydrogen) atoms. The number of benzene rings is 1. The Morgan fingerprint density at radius 3 is 2.48 bits per heavy atom. The number of nitrogens with zero attached hydrogens (tertiary/aromatic N) is 1. The monoisotopic (exact) mass is 345 g/mol. The molecule has 1 aliphatic heterocycles. The van der Waals surface area contributed by atoms with Crippen molar-refractivity contribution in [2.45, 2.75) is 12.5 Å². The quantitative estimate of drug-likeness (QED) is 0.543. The minimum Gasteiger partial charge on any atom is -0.486 e. The Labute approximate surface area is 146 Å². The second-order valence-corrected chi connectivity index (χ2v) is 6.37. The molecule has 7 nitrogen and oxygen atoms in total. The number of hydrogen-bond donors (Lipinski definition) is 2. The van der Waals surface area contributed by atoms with E-state index in [0.29, 0.717) is 36.8 Å². The molecule has 1 aliphatic rings. The third-order valence-corrected chi connectivity index (χ3v) is 4.07. The Morgan fingerprint density at radius 1 is 1.08 bits per heavy atom. The summed E-state index contributed by atoms with van der Waals surface area (Å²) >= 11 is 0. The molecule has 1 atom stereocenters. The summed E-state index contributed by atoms with van der Waals surface area (Å²) < 4.78 is 11.5. The summed E-state index contributed by atoms with van der Waals surface area (Å²) in [4.78, 5) is 25.6. The molecule has 0 spiro atoms. The van der Waals surface area contributed by atoms with Gasteiger partial charge in [0.25, 0.3) is 10.9 Å². The highest BCUT2D eigenvalue weighted by Crippen LogP contribution is 2.30. The lowest BCUT2D eigenvalue weighted by Gasteiger charge is -2.27. The fourth-order valence-electron chi connectivity index (χ4n) is 2.72. The Hall–Kier alpha value is -2.54. The molecule has 0 saturated carbocycles. The summed E-state index contributed by atoms with van der Waals surface area (Å²) in [5, 5.41) is 6.09. The molecule has 0 bridgehead atoms. The zero-order chi connectivity index (χ0) is 17.8. The average Bonchev–Trinajstić information content (AvgIpc) is 2.62. The number of hydrogen-bond acceptors (Lipinski definition) is 7. The third-order valence-electron chi connectivity index (χ3n) is 4.07. The fourth-order valence-corrected chi connectivity index (χ4v) is 2.72. The Bertz CT molecular complexity index is 796. The van der Waals surface area contributed by atoms with Crippen molar-refractivity contribution in [1.29, 1.82) is 0 Å². The normalized spacial score (nSPS) is 16.2. The highest BCUT2D eigenvalue weighted by molar-refractivity contribution is 5.73. The minimum atomic E-state index is -0.479. The van der Waals surface area contributed by atoms with Crippen LogP contribution in [0.5, 0.6) is 11.5 Å². The van der Waals surface area contributed by atoms with E-state index in [1.165, 1.54) is 0 Å². The van der Waals surface area contributed by atoms with Crippen molar-refractivity contribution in [3.63, 3.8) is 0 Å². The molecule has 0 aliphatic carbocycles. The van der Waals surface area contributed by atoms with Gasteiger partial charge in [-0.1, -0.05) is 12.1 Å². The lowest BCUT2D eigenvalue weighted by molar-refractivity contribution is 0.0997. The molecule has 2 aromatic carbocycles. The lowest BCUT2D eigenvalue weighted by Crippen LogP contribution is -2.41. The lowest BCUT2D eigenvalue weighted by atomic mass is 10.1. The van der Waals surface area contributed by atoms with Crippen molar-refractivity contribution in [3.05, 3.63) is 44.7 Å². The van der Waals surface area contributed by atoms with Crippen molar-refractivity contribution in [2.75, 3.05) is 51.0 Å². The standard InChI is InChI=1S/C18H23N3O4/c1-21(2)9-5-8-19-15-16(18(23)17(15)22)20-10-12-11-24-13-6-3-4-7-14(13)25-12/h3-4,6-7,12,19-20H,5,8-11H2,1-2H3. The summed E-state index contributed by atoms with van der Waals surface area (Å²) in [6.45, 7) is 2.35. The Balaban J connectivity index is 1.53. The Morgan fingerprint density at radius 2 is 1.76 bits per heavy atom.